The van der Waals surface area contributed by atoms with Gasteiger partial charge in [0, 0.05) is 42.6 Å². The number of aromatic nitrogens is 2. The van der Waals surface area contributed by atoms with E-state index in [4.69, 9.17) is 4.74 Å². The number of hydrogen-bond donors (Lipinski definition) is 0. The normalized spacial score (nSPS) is 20.3. The Morgan fingerprint density at radius 1 is 1.25 bits per heavy atom. The lowest BCUT2D eigenvalue weighted by Gasteiger charge is -2.25. The molecule has 1 amide bonds. The molecule has 1 atom stereocenters. The third-order valence-electron chi connectivity index (χ3n) is 4.92. The maximum Gasteiger partial charge on any atom is 0.254 e. The number of nitrogens with zero attached hydrogens (tertiary/aromatic N) is 3. The number of amides is 1. The van der Waals surface area contributed by atoms with Gasteiger partial charge in [0.1, 0.15) is 0 Å². The van der Waals surface area contributed by atoms with Crippen LogP contribution >= 0.6 is 0 Å². The molecule has 1 aromatic carbocycles. The summed E-state index contributed by atoms with van der Waals surface area (Å²) >= 11 is 0. The Bertz CT molecular complexity index is 712. The summed E-state index contributed by atoms with van der Waals surface area (Å²) in [6.07, 6.45) is 5.11. The maximum absolute atomic E-state index is 12.9. The predicted molar refractivity (Wildman–Crippen MR) is 91.3 cm³/mol. The lowest BCUT2D eigenvalue weighted by Crippen LogP contribution is -2.37. The molecule has 0 radical (unpaired) electrons. The van der Waals surface area contributed by atoms with Crippen LogP contribution in [0.15, 0.2) is 36.5 Å². The summed E-state index contributed by atoms with van der Waals surface area (Å²) in [5.74, 6) is 0.633. The van der Waals surface area contributed by atoms with Crippen molar-refractivity contribution in [3.63, 3.8) is 0 Å². The average molecular weight is 325 g/mol. The number of aryl methyl sites for hydroxylation is 1. The number of carbonyl (C=O) groups is 1. The van der Waals surface area contributed by atoms with Crippen molar-refractivity contribution in [2.24, 2.45) is 5.92 Å². The summed E-state index contributed by atoms with van der Waals surface area (Å²) in [7, 11) is 0. The van der Waals surface area contributed by atoms with Crippen molar-refractivity contribution in [2.45, 2.75) is 32.2 Å². The molecule has 2 aromatic rings. The van der Waals surface area contributed by atoms with Gasteiger partial charge in [-0.25, -0.2) is 4.68 Å². The minimum absolute atomic E-state index is 0.146. The van der Waals surface area contributed by atoms with Crippen LogP contribution in [0.5, 0.6) is 0 Å². The molecule has 5 heteroatoms. The van der Waals surface area contributed by atoms with Crippen molar-refractivity contribution in [1.82, 2.24) is 14.7 Å². The van der Waals surface area contributed by atoms with E-state index >= 15 is 0 Å². The monoisotopic (exact) mass is 325 g/mol. The Morgan fingerprint density at radius 2 is 2.04 bits per heavy atom. The molecule has 1 saturated heterocycles. The molecule has 0 unspecified atom stereocenters. The van der Waals surface area contributed by atoms with Crippen molar-refractivity contribution in [3.05, 3.63) is 47.8 Å². The molecule has 2 fully saturated rings. The molecule has 2 aliphatic rings. The minimum atomic E-state index is 0.146. The summed E-state index contributed by atoms with van der Waals surface area (Å²) in [5, 5.41) is 4.31. The highest BCUT2D eigenvalue weighted by molar-refractivity contribution is 5.94. The van der Waals surface area contributed by atoms with Gasteiger partial charge in [-0.05, 0) is 56.5 Å². The Kier molecular flexibility index (Phi) is 4.10. The molecule has 126 valence electrons. The Balaban J connectivity index is 1.51. The van der Waals surface area contributed by atoms with Gasteiger partial charge in [0.2, 0.25) is 0 Å². The molecule has 0 spiro atoms. The van der Waals surface area contributed by atoms with Crippen molar-refractivity contribution < 1.29 is 9.53 Å². The summed E-state index contributed by atoms with van der Waals surface area (Å²) in [6.45, 7) is 4.46. The van der Waals surface area contributed by atoms with E-state index in [1.54, 1.807) is 6.20 Å². The van der Waals surface area contributed by atoms with E-state index in [0.717, 1.165) is 56.0 Å². The quantitative estimate of drug-likeness (QED) is 0.849. The zero-order chi connectivity index (χ0) is 16.5. The van der Waals surface area contributed by atoms with Crippen molar-refractivity contribution in [2.75, 3.05) is 19.8 Å². The summed E-state index contributed by atoms with van der Waals surface area (Å²) in [5.41, 5.74) is 2.82. The van der Waals surface area contributed by atoms with Crippen molar-refractivity contribution >= 4 is 5.91 Å². The largest absolute Gasteiger partial charge is 0.381 e. The molecule has 0 N–H and O–H groups in total. The van der Waals surface area contributed by atoms with Gasteiger partial charge in [-0.3, -0.25) is 4.79 Å². The minimum Gasteiger partial charge on any atom is -0.381 e. The maximum atomic E-state index is 12.9. The van der Waals surface area contributed by atoms with Crippen LogP contribution in [-0.2, 0) is 4.74 Å². The van der Waals surface area contributed by atoms with Gasteiger partial charge in [0.05, 0.1) is 12.3 Å². The third-order valence-corrected chi connectivity index (χ3v) is 4.92. The molecular weight excluding hydrogens is 302 g/mol. The lowest BCUT2D eigenvalue weighted by molar-refractivity contribution is 0.0706. The van der Waals surface area contributed by atoms with Crippen LogP contribution in [0.4, 0.5) is 0 Å². The molecule has 1 aliphatic heterocycles. The first-order chi connectivity index (χ1) is 11.7. The first kappa shape index (κ1) is 15.4. The van der Waals surface area contributed by atoms with Crippen LogP contribution in [0.2, 0.25) is 0 Å². The van der Waals surface area contributed by atoms with Crippen LogP contribution in [0, 0.1) is 12.8 Å². The number of hydrogen-bond acceptors (Lipinski definition) is 3. The predicted octanol–water partition coefficient (Wildman–Crippen LogP) is 2.82. The van der Waals surface area contributed by atoms with Crippen molar-refractivity contribution in [1.29, 1.82) is 0 Å². The fraction of sp³-hybridized carbons (Fsp3) is 0.474. The second kappa shape index (κ2) is 6.40. The molecule has 1 saturated carbocycles. The van der Waals surface area contributed by atoms with Crippen LogP contribution in [0.3, 0.4) is 0 Å². The second-order valence-corrected chi connectivity index (χ2v) is 6.85. The Morgan fingerprint density at radius 3 is 2.62 bits per heavy atom. The highest BCUT2D eigenvalue weighted by Crippen LogP contribution is 2.30. The highest BCUT2D eigenvalue weighted by Gasteiger charge is 2.35. The standard InChI is InChI=1S/C19H23N3O2/c1-14-8-10-20-22(14)18-4-2-16(3-5-18)19(23)21(17-6-7-17)12-15-9-11-24-13-15/h2-5,8,10,15,17H,6-7,9,11-13H2,1H3/t15-/m0/s1. The van der Waals surface area contributed by atoms with Gasteiger partial charge in [0.25, 0.3) is 5.91 Å². The number of rotatable bonds is 5. The zero-order valence-corrected chi connectivity index (χ0v) is 14.0. The first-order valence-electron chi connectivity index (χ1n) is 8.72. The summed E-state index contributed by atoms with van der Waals surface area (Å²) in [6, 6.07) is 10.2. The lowest BCUT2D eigenvalue weighted by atomic mass is 10.1. The first-order valence-corrected chi connectivity index (χ1v) is 8.72. The fourth-order valence-corrected chi connectivity index (χ4v) is 3.34. The van der Waals surface area contributed by atoms with Crippen LogP contribution in [0.1, 0.15) is 35.3 Å². The molecule has 0 bridgehead atoms. The summed E-state index contributed by atoms with van der Waals surface area (Å²) in [4.78, 5) is 15.0. The highest BCUT2D eigenvalue weighted by atomic mass is 16.5. The van der Waals surface area contributed by atoms with Gasteiger partial charge in [-0.2, -0.15) is 5.10 Å². The molecule has 24 heavy (non-hydrogen) atoms. The van der Waals surface area contributed by atoms with Gasteiger partial charge in [0.15, 0.2) is 0 Å². The second-order valence-electron chi connectivity index (χ2n) is 6.85. The molecule has 4 rings (SSSR count). The Labute approximate surface area is 142 Å². The van der Waals surface area contributed by atoms with E-state index in [-0.39, 0.29) is 5.91 Å². The van der Waals surface area contributed by atoms with E-state index in [9.17, 15) is 4.79 Å². The van der Waals surface area contributed by atoms with E-state index in [1.807, 2.05) is 41.9 Å². The van der Waals surface area contributed by atoms with E-state index in [2.05, 4.69) is 10.00 Å². The van der Waals surface area contributed by atoms with Crippen LogP contribution in [0.25, 0.3) is 5.69 Å². The number of benzene rings is 1. The number of ether oxygens (including phenoxy) is 1. The van der Waals surface area contributed by atoms with Crippen LogP contribution < -0.4 is 0 Å². The van der Waals surface area contributed by atoms with Gasteiger partial charge >= 0.3 is 0 Å². The van der Waals surface area contributed by atoms with Gasteiger partial charge in [-0.1, -0.05) is 0 Å². The van der Waals surface area contributed by atoms with Crippen molar-refractivity contribution in [3.8, 4) is 5.69 Å². The summed E-state index contributed by atoms with van der Waals surface area (Å²) < 4.78 is 7.34. The molecule has 2 heterocycles. The smallest absolute Gasteiger partial charge is 0.254 e. The SMILES string of the molecule is Cc1ccnn1-c1ccc(C(=O)N(C[C@@H]2CCOC2)C2CC2)cc1. The molecular formula is C19H23N3O2. The zero-order valence-electron chi connectivity index (χ0n) is 14.0. The third kappa shape index (κ3) is 3.08. The van der Waals surface area contributed by atoms with E-state index in [0.29, 0.717) is 12.0 Å². The molecule has 5 nitrogen and oxygen atoms in total. The Hall–Kier alpha value is -2.14. The molecule has 1 aliphatic carbocycles. The van der Waals surface area contributed by atoms with Crippen LogP contribution in [-0.4, -0.2) is 46.4 Å². The van der Waals surface area contributed by atoms with Gasteiger partial charge < -0.3 is 9.64 Å². The van der Waals surface area contributed by atoms with E-state index < -0.39 is 0 Å². The molecule has 1 aromatic heterocycles. The fourth-order valence-electron chi connectivity index (χ4n) is 3.34. The van der Waals surface area contributed by atoms with Gasteiger partial charge in [-0.15, -0.1) is 0 Å². The average Bonchev–Trinajstić information content (AvgIpc) is 3.14. The topological polar surface area (TPSA) is 47.4 Å². The van der Waals surface area contributed by atoms with E-state index in [1.165, 1.54) is 0 Å². The number of carbonyl (C=O) groups excluding carboxylic acids is 1.